The summed E-state index contributed by atoms with van der Waals surface area (Å²) in [7, 11) is 0. The number of H-pyrrole nitrogens is 2. The number of fused-ring (bicyclic) bond motifs is 2. The summed E-state index contributed by atoms with van der Waals surface area (Å²) in [6.45, 7) is 1.26. The number of nitrogen functional groups attached to an aromatic ring is 1. The molecule has 0 atom stereocenters. The van der Waals surface area contributed by atoms with Gasteiger partial charge in [0.25, 0.3) is 5.56 Å². The topological polar surface area (TPSA) is 194 Å². The lowest BCUT2D eigenvalue weighted by Gasteiger charge is -2.12. The summed E-state index contributed by atoms with van der Waals surface area (Å²) in [5, 5.41) is 17.8. The van der Waals surface area contributed by atoms with Crippen molar-refractivity contribution in [1.82, 2.24) is 39.5 Å². The van der Waals surface area contributed by atoms with Crippen molar-refractivity contribution >= 4 is 51.3 Å². The Morgan fingerprint density at radius 3 is 2.63 bits per heavy atom. The van der Waals surface area contributed by atoms with Crippen LogP contribution < -0.4 is 11.3 Å². The van der Waals surface area contributed by atoms with Crippen LogP contribution in [0.15, 0.2) is 11.1 Å². The number of halogens is 2. The average Bonchev–Trinajstić information content (AvgIpc) is 3.26. The molecule has 0 fully saturated rings. The summed E-state index contributed by atoms with van der Waals surface area (Å²) in [5.41, 5.74) is 6.91. The van der Waals surface area contributed by atoms with Crippen molar-refractivity contribution in [2.75, 3.05) is 18.9 Å². The molecule has 4 aromatic rings. The van der Waals surface area contributed by atoms with Crippen LogP contribution in [0, 0.1) is 6.92 Å². The lowest BCUT2D eigenvalue weighted by atomic mass is 10.4. The van der Waals surface area contributed by atoms with Gasteiger partial charge in [0.05, 0.1) is 19.5 Å². The maximum absolute atomic E-state index is 11.2. The van der Waals surface area contributed by atoms with E-state index in [0.29, 0.717) is 28.2 Å². The fourth-order valence-corrected chi connectivity index (χ4v) is 2.71. The number of aryl methyl sites for hydroxylation is 1. The number of hydrogen-bond acceptors (Lipinski definition) is 10. The summed E-state index contributed by atoms with van der Waals surface area (Å²) >= 11 is 11.2. The van der Waals surface area contributed by atoms with Gasteiger partial charge in [-0.25, -0.2) is 9.97 Å². The average molecular weight is 458 g/mol. The van der Waals surface area contributed by atoms with Crippen LogP contribution in [0.4, 0.5) is 5.82 Å². The van der Waals surface area contributed by atoms with Gasteiger partial charge in [0, 0.05) is 0 Å². The van der Waals surface area contributed by atoms with E-state index in [1.54, 1.807) is 11.5 Å². The third kappa shape index (κ3) is 4.83. The molecule has 0 bridgehead atoms. The number of nitrogens with two attached hydrogens (primary N) is 1. The number of aromatic amines is 2. The van der Waals surface area contributed by atoms with Crippen LogP contribution in [0.25, 0.3) is 22.3 Å². The number of imidazole rings is 2. The van der Waals surface area contributed by atoms with Crippen molar-refractivity contribution in [3.63, 3.8) is 0 Å². The van der Waals surface area contributed by atoms with E-state index in [0.717, 1.165) is 0 Å². The Bertz CT molecular complexity index is 1220. The minimum atomic E-state index is -0.655. The molecular weight excluding hydrogens is 441 g/mol. The van der Waals surface area contributed by atoms with Crippen LogP contribution in [-0.4, -0.2) is 69.0 Å². The van der Waals surface area contributed by atoms with Gasteiger partial charge in [0.15, 0.2) is 22.6 Å². The van der Waals surface area contributed by atoms with Crippen molar-refractivity contribution in [3.8, 4) is 0 Å². The number of nitrogens with zero attached hydrogens (tertiary/aromatic N) is 6. The Morgan fingerprint density at radius 1 is 1.20 bits per heavy atom. The molecule has 0 aliphatic rings. The maximum Gasteiger partial charge on any atom is 0.277 e. The van der Waals surface area contributed by atoms with E-state index in [1.807, 2.05) is 0 Å². The van der Waals surface area contributed by atoms with E-state index < -0.39 is 6.10 Å². The van der Waals surface area contributed by atoms with Crippen molar-refractivity contribution in [2.24, 2.45) is 0 Å². The van der Waals surface area contributed by atoms with E-state index in [1.165, 1.54) is 6.33 Å². The minimum Gasteiger partial charge on any atom is -0.394 e. The van der Waals surface area contributed by atoms with Gasteiger partial charge in [-0.05, 0) is 30.1 Å². The van der Waals surface area contributed by atoms with E-state index in [4.69, 9.17) is 43.9 Å². The van der Waals surface area contributed by atoms with Gasteiger partial charge in [0.2, 0.25) is 10.6 Å². The largest absolute Gasteiger partial charge is 0.394 e. The second kappa shape index (κ2) is 9.32. The zero-order valence-electron chi connectivity index (χ0n) is 15.5. The highest BCUT2D eigenvalue weighted by Gasteiger charge is 2.12. The summed E-state index contributed by atoms with van der Waals surface area (Å²) < 4.78 is 6.80. The summed E-state index contributed by atoms with van der Waals surface area (Å²) in [6, 6.07) is 0. The Labute approximate surface area is 177 Å². The third-order valence-electron chi connectivity index (χ3n) is 3.77. The molecule has 0 unspecified atom stereocenters. The molecule has 6 N–H and O–H groups in total. The number of aliphatic hydroxyl groups excluding tert-OH is 2. The molecule has 0 radical (unpaired) electrons. The van der Waals surface area contributed by atoms with Gasteiger partial charge in [-0.1, -0.05) is 0 Å². The van der Waals surface area contributed by atoms with E-state index in [-0.39, 0.29) is 41.9 Å². The Kier molecular flexibility index (Phi) is 6.79. The number of nitrogens with one attached hydrogen (secondary N) is 2. The van der Waals surface area contributed by atoms with E-state index in [2.05, 4.69) is 34.9 Å². The first kappa shape index (κ1) is 21.9. The molecule has 13 nitrogen and oxygen atoms in total. The molecule has 4 aromatic heterocycles. The molecule has 0 aliphatic carbocycles. The van der Waals surface area contributed by atoms with Crippen LogP contribution in [0.3, 0.4) is 0 Å². The van der Waals surface area contributed by atoms with Crippen molar-refractivity contribution in [3.05, 3.63) is 33.1 Å². The van der Waals surface area contributed by atoms with Crippen LogP contribution >= 0.6 is 23.2 Å². The Hall–Kier alpha value is -2.84. The van der Waals surface area contributed by atoms with Gasteiger partial charge < -0.3 is 25.7 Å². The molecule has 0 saturated heterocycles. The highest BCUT2D eigenvalue weighted by molar-refractivity contribution is 6.28. The maximum atomic E-state index is 11.2. The van der Waals surface area contributed by atoms with Gasteiger partial charge in [0.1, 0.15) is 24.2 Å². The SMILES string of the molecule is Cc1nc2nc(Cl)[nH]c(=O)c2[nH]1.Nc1nc(Cl)nc2c1ncn2COC(CO)CO. The van der Waals surface area contributed by atoms with E-state index >= 15 is 0 Å². The number of aromatic nitrogens is 8. The second-order valence-electron chi connectivity index (χ2n) is 5.92. The third-order valence-corrected chi connectivity index (χ3v) is 4.12. The van der Waals surface area contributed by atoms with Crippen LogP contribution in [-0.2, 0) is 11.5 Å². The lowest BCUT2D eigenvalue weighted by molar-refractivity contribution is -0.0488. The zero-order chi connectivity index (χ0) is 21.8. The fraction of sp³-hybridized carbons (Fsp3) is 0.333. The van der Waals surface area contributed by atoms with Gasteiger partial charge in [-0.2, -0.15) is 15.0 Å². The monoisotopic (exact) mass is 457 g/mol. The predicted octanol–water partition coefficient (Wildman–Crippen LogP) is -0.00278. The van der Waals surface area contributed by atoms with Gasteiger partial charge in [-0.3, -0.25) is 14.3 Å². The minimum absolute atomic E-state index is 0.0163. The van der Waals surface area contributed by atoms with Crippen molar-refractivity contribution in [2.45, 2.75) is 19.8 Å². The smallest absolute Gasteiger partial charge is 0.277 e. The number of hydrogen-bond donors (Lipinski definition) is 5. The molecule has 0 spiro atoms. The molecule has 4 rings (SSSR count). The van der Waals surface area contributed by atoms with Crippen molar-refractivity contribution < 1.29 is 14.9 Å². The number of ether oxygens (including phenoxy) is 1. The fourth-order valence-electron chi connectivity index (χ4n) is 2.38. The molecular formula is C15H17Cl2N9O4. The van der Waals surface area contributed by atoms with Crippen LogP contribution in [0.1, 0.15) is 5.82 Å². The molecule has 0 saturated carbocycles. The normalized spacial score (nSPS) is 11.3. The van der Waals surface area contributed by atoms with Crippen molar-refractivity contribution in [1.29, 1.82) is 0 Å². The lowest BCUT2D eigenvalue weighted by Crippen LogP contribution is -2.23. The highest BCUT2D eigenvalue weighted by Crippen LogP contribution is 2.18. The molecule has 30 heavy (non-hydrogen) atoms. The molecule has 0 amide bonds. The van der Waals surface area contributed by atoms with E-state index in [9.17, 15) is 4.79 Å². The molecule has 0 aromatic carbocycles. The number of aliphatic hydroxyl groups is 2. The number of rotatable bonds is 5. The van der Waals surface area contributed by atoms with Crippen LogP contribution in [0.5, 0.6) is 0 Å². The van der Waals surface area contributed by atoms with Crippen LogP contribution in [0.2, 0.25) is 10.6 Å². The zero-order valence-corrected chi connectivity index (χ0v) is 17.0. The standard InChI is InChI=1S/C9H12ClN5O3.C6H5ClN4O/c10-9-13-7(11)6-8(14-9)15(3-12-6)4-18-5(1-16)2-17;1-2-8-3-4(9-2)10-6(7)11-5(3)12/h3,5,16-17H,1-2,4H2,(H2,11,13,14);1H3,(H2,8,9,10,11,12). The molecule has 15 heteroatoms. The molecule has 0 aliphatic heterocycles. The van der Waals surface area contributed by atoms with Gasteiger partial charge in [-0.15, -0.1) is 0 Å². The first-order valence-corrected chi connectivity index (χ1v) is 9.17. The summed E-state index contributed by atoms with van der Waals surface area (Å²) in [6.07, 6.45) is 0.815. The Morgan fingerprint density at radius 2 is 1.93 bits per heavy atom. The predicted molar refractivity (Wildman–Crippen MR) is 108 cm³/mol. The second-order valence-corrected chi connectivity index (χ2v) is 6.62. The highest BCUT2D eigenvalue weighted by atomic mass is 35.5. The summed E-state index contributed by atoms with van der Waals surface area (Å²) in [5.74, 6) is 0.829. The summed E-state index contributed by atoms with van der Waals surface area (Å²) in [4.78, 5) is 35.9. The first-order chi connectivity index (χ1) is 14.3. The first-order valence-electron chi connectivity index (χ1n) is 8.41. The number of anilines is 1. The Balaban J connectivity index is 0.000000184. The molecule has 4 heterocycles. The quantitative estimate of drug-likeness (QED) is 0.254. The van der Waals surface area contributed by atoms with Gasteiger partial charge >= 0.3 is 0 Å². The molecule has 160 valence electrons.